The summed E-state index contributed by atoms with van der Waals surface area (Å²) in [5, 5.41) is 10.6. The minimum Gasteiger partial charge on any atom is -0.479 e. The lowest BCUT2D eigenvalue weighted by atomic mass is 10.2. The number of nitro groups is 1. The normalized spacial score (nSPS) is 11.9. The van der Waals surface area contributed by atoms with E-state index in [0.29, 0.717) is 10.9 Å². The summed E-state index contributed by atoms with van der Waals surface area (Å²) in [7, 11) is 0. The Kier molecular flexibility index (Phi) is 4.45. The molecule has 1 aromatic rings. The Labute approximate surface area is 106 Å². The number of ether oxygens (including phenoxy) is 1. The van der Waals surface area contributed by atoms with E-state index in [1.165, 1.54) is 18.2 Å². The molecule has 0 bridgehead atoms. The van der Waals surface area contributed by atoms with E-state index < -0.39 is 16.9 Å². The van der Waals surface area contributed by atoms with Crippen molar-refractivity contribution in [2.45, 2.75) is 19.4 Å². The molecule has 0 saturated carbocycles. The lowest BCUT2D eigenvalue weighted by Crippen LogP contribution is -2.33. The number of non-ortho nitro benzene ring substituents is 1. The minimum atomic E-state index is -0.798. The van der Waals surface area contributed by atoms with Crippen LogP contribution < -0.4 is 10.5 Å². The van der Waals surface area contributed by atoms with Crippen LogP contribution in [0.2, 0.25) is 0 Å². The van der Waals surface area contributed by atoms with Crippen LogP contribution in [0.25, 0.3) is 0 Å². The molecule has 1 rings (SSSR count). The van der Waals surface area contributed by atoms with Gasteiger partial charge in [-0.3, -0.25) is 14.9 Å². The number of benzene rings is 1. The van der Waals surface area contributed by atoms with Crippen molar-refractivity contribution in [3.63, 3.8) is 0 Å². The molecule has 0 fully saturated rings. The molecule has 7 heteroatoms. The van der Waals surface area contributed by atoms with Gasteiger partial charge in [0.15, 0.2) is 6.10 Å². The van der Waals surface area contributed by atoms with E-state index in [0.717, 1.165) is 0 Å². The predicted octanol–water partition coefficient (Wildman–Crippen LogP) is 2.00. The van der Waals surface area contributed by atoms with Gasteiger partial charge < -0.3 is 10.5 Å². The van der Waals surface area contributed by atoms with Crippen LogP contribution in [-0.4, -0.2) is 16.9 Å². The topological polar surface area (TPSA) is 95.5 Å². The number of hydrogen-bond acceptors (Lipinski definition) is 4. The summed E-state index contributed by atoms with van der Waals surface area (Å²) in [4.78, 5) is 21.1. The van der Waals surface area contributed by atoms with Gasteiger partial charge in [0, 0.05) is 6.07 Å². The molecule has 0 aliphatic rings. The van der Waals surface area contributed by atoms with Gasteiger partial charge in [-0.05, 0) is 28.4 Å². The van der Waals surface area contributed by atoms with E-state index >= 15 is 0 Å². The van der Waals surface area contributed by atoms with Crippen molar-refractivity contribution in [1.29, 1.82) is 0 Å². The van der Waals surface area contributed by atoms with Crippen LogP contribution in [0.5, 0.6) is 5.75 Å². The lowest BCUT2D eigenvalue weighted by Gasteiger charge is -2.14. The second-order valence-electron chi connectivity index (χ2n) is 3.29. The zero-order valence-corrected chi connectivity index (χ0v) is 10.6. The number of nitrogens with two attached hydrogens (primary N) is 1. The molecule has 6 nitrogen and oxygen atoms in total. The third-order valence-corrected chi connectivity index (χ3v) is 2.74. The van der Waals surface area contributed by atoms with Crippen LogP contribution >= 0.6 is 15.9 Å². The van der Waals surface area contributed by atoms with Crippen molar-refractivity contribution < 1.29 is 14.5 Å². The molecule has 2 N–H and O–H groups in total. The van der Waals surface area contributed by atoms with Gasteiger partial charge in [0.25, 0.3) is 11.6 Å². The summed E-state index contributed by atoms with van der Waals surface area (Å²) in [5.74, 6) is -0.379. The third-order valence-electron chi connectivity index (χ3n) is 2.08. The van der Waals surface area contributed by atoms with E-state index in [4.69, 9.17) is 10.5 Å². The molecular weight excluding hydrogens is 292 g/mol. The van der Waals surface area contributed by atoms with Gasteiger partial charge in [0.05, 0.1) is 15.5 Å². The average molecular weight is 303 g/mol. The second kappa shape index (κ2) is 5.62. The number of nitrogens with zero attached hydrogens (tertiary/aromatic N) is 1. The van der Waals surface area contributed by atoms with Crippen LogP contribution in [-0.2, 0) is 4.79 Å². The summed E-state index contributed by atoms with van der Waals surface area (Å²) in [6.45, 7) is 1.74. The van der Waals surface area contributed by atoms with Crippen molar-refractivity contribution in [2.24, 2.45) is 5.73 Å². The van der Waals surface area contributed by atoms with Crippen LogP contribution in [0, 0.1) is 10.1 Å². The van der Waals surface area contributed by atoms with E-state index in [1.807, 2.05) is 0 Å². The first-order valence-corrected chi connectivity index (χ1v) is 5.65. The first-order chi connectivity index (χ1) is 7.95. The summed E-state index contributed by atoms with van der Waals surface area (Å²) in [6, 6.07) is 4.07. The van der Waals surface area contributed by atoms with E-state index in [-0.39, 0.29) is 11.4 Å². The summed E-state index contributed by atoms with van der Waals surface area (Å²) in [5.41, 5.74) is 5.02. The summed E-state index contributed by atoms with van der Waals surface area (Å²) < 4.78 is 5.85. The Bertz CT molecular complexity index is 450. The monoisotopic (exact) mass is 302 g/mol. The fourth-order valence-corrected chi connectivity index (χ4v) is 1.53. The predicted molar refractivity (Wildman–Crippen MR) is 64.7 cm³/mol. The highest BCUT2D eigenvalue weighted by Gasteiger charge is 2.18. The van der Waals surface area contributed by atoms with Crippen LogP contribution in [0.3, 0.4) is 0 Å². The number of amides is 1. The van der Waals surface area contributed by atoms with Gasteiger partial charge >= 0.3 is 0 Å². The van der Waals surface area contributed by atoms with Gasteiger partial charge in [-0.1, -0.05) is 6.92 Å². The molecule has 0 aliphatic heterocycles. The second-order valence-corrected chi connectivity index (χ2v) is 4.14. The maximum atomic E-state index is 11.0. The number of rotatable bonds is 5. The highest BCUT2D eigenvalue weighted by atomic mass is 79.9. The average Bonchev–Trinajstić information content (AvgIpc) is 2.27. The molecule has 0 aliphatic carbocycles. The third kappa shape index (κ3) is 3.42. The van der Waals surface area contributed by atoms with E-state index in [1.54, 1.807) is 6.92 Å². The minimum absolute atomic E-state index is 0.109. The molecule has 0 aromatic heterocycles. The zero-order chi connectivity index (χ0) is 13.0. The fourth-order valence-electron chi connectivity index (χ4n) is 1.19. The van der Waals surface area contributed by atoms with Crippen molar-refractivity contribution in [3.05, 3.63) is 32.8 Å². The van der Waals surface area contributed by atoms with E-state index in [9.17, 15) is 14.9 Å². The summed E-state index contributed by atoms with van der Waals surface area (Å²) in [6.07, 6.45) is -0.405. The highest BCUT2D eigenvalue weighted by Crippen LogP contribution is 2.30. The molecule has 92 valence electrons. The Balaban J connectivity index is 3.00. The smallest absolute Gasteiger partial charge is 0.273 e. The molecule has 1 unspecified atom stereocenters. The van der Waals surface area contributed by atoms with Gasteiger partial charge in [0.1, 0.15) is 5.75 Å². The van der Waals surface area contributed by atoms with Crippen molar-refractivity contribution >= 4 is 27.5 Å². The Hall–Kier alpha value is -1.63. The number of primary amides is 1. The molecule has 0 saturated heterocycles. The first-order valence-electron chi connectivity index (χ1n) is 4.85. The number of carbonyl (C=O) groups excluding carboxylic acids is 1. The van der Waals surface area contributed by atoms with Crippen molar-refractivity contribution in [1.82, 2.24) is 0 Å². The van der Waals surface area contributed by atoms with Crippen molar-refractivity contribution in [2.75, 3.05) is 0 Å². The molecule has 17 heavy (non-hydrogen) atoms. The number of carbonyl (C=O) groups is 1. The maximum absolute atomic E-state index is 11.0. The zero-order valence-electron chi connectivity index (χ0n) is 9.05. The van der Waals surface area contributed by atoms with Gasteiger partial charge in [-0.15, -0.1) is 0 Å². The summed E-state index contributed by atoms with van der Waals surface area (Å²) >= 11 is 3.19. The molecule has 1 amide bonds. The molecule has 0 spiro atoms. The SMILES string of the molecule is CCC(Oc1cc([N+](=O)[O-])ccc1Br)C(N)=O. The molecule has 1 aromatic carbocycles. The molecule has 0 radical (unpaired) electrons. The Morgan fingerprint density at radius 1 is 1.65 bits per heavy atom. The van der Waals surface area contributed by atoms with E-state index in [2.05, 4.69) is 15.9 Å². The van der Waals surface area contributed by atoms with Gasteiger partial charge in [-0.2, -0.15) is 0 Å². The van der Waals surface area contributed by atoms with Crippen LogP contribution in [0.15, 0.2) is 22.7 Å². The van der Waals surface area contributed by atoms with Crippen LogP contribution in [0.4, 0.5) is 5.69 Å². The number of hydrogen-bond donors (Lipinski definition) is 1. The molecular formula is C10H11BrN2O4. The lowest BCUT2D eigenvalue weighted by molar-refractivity contribution is -0.385. The Morgan fingerprint density at radius 2 is 2.29 bits per heavy atom. The molecule has 0 heterocycles. The van der Waals surface area contributed by atoms with Gasteiger partial charge in [0.2, 0.25) is 0 Å². The quantitative estimate of drug-likeness (QED) is 0.664. The maximum Gasteiger partial charge on any atom is 0.273 e. The standard InChI is InChI=1S/C10H11BrN2O4/c1-2-8(10(12)14)17-9-5-6(13(15)16)3-4-7(9)11/h3-5,8H,2H2,1H3,(H2,12,14). The number of halogens is 1. The first kappa shape index (κ1) is 13.4. The van der Waals surface area contributed by atoms with Crippen LogP contribution in [0.1, 0.15) is 13.3 Å². The fraction of sp³-hybridized carbons (Fsp3) is 0.300. The highest BCUT2D eigenvalue weighted by molar-refractivity contribution is 9.10. The molecule has 1 atom stereocenters. The van der Waals surface area contributed by atoms with Crippen molar-refractivity contribution in [3.8, 4) is 5.75 Å². The largest absolute Gasteiger partial charge is 0.479 e. The Morgan fingerprint density at radius 3 is 2.76 bits per heavy atom. The number of nitro benzene ring substituents is 1. The van der Waals surface area contributed by atoms with Gasteiger partial charge in [-0.25, -0.2) is 0 Å².